The van der Waals surface area contributed by atoms with Crippen molar-refractivity contribution in [3.8, 4) is 0 Å². The van der Waals surface area contributed by atoms with Crippen LogP contribution in [0.3, 0.4) is 0 Å². The minimum atomic E-state index is 0.286. The fourth-order valence-corrected chi connectivity index (χ4v) is 2.27. The number of benzene rings is 1. The van der Waals surface area contributed by atoms with Crippen LogP contribution in [0, 0.1) is 5.92 Å². The van der Waals surface area contributed by atoms with Gasteiger partial charge in [0, 0.05) is 5.92 Å². The number of ketones is 1. The molecule has 0 amide bonds. The standard InChI is InChI=1S/C15H18O/c16-15(14-9-5-2-6-10-14)12-11-13-7-3-1-4-8-13/h1,3-4,7-8,11-12,14H,2,5-6,9-10H2/b12-11+. The Balaban J connectivity index is 1.93. The molecule has 1 nitrogen and oxygen atoms in total. The third kappa shape index (κ3) is 3.06. The van der Waals surface area contributed by atoms with Gasteiger partial charge < -0.3 is 0 Å². The first-order chi connectivity index (χ1) is 7.86. The van der Waals surface area contributed by atoms with Crippen LogP contribution in [0.1, 0.15) is 37.7 Å². The molecule has 0 radical (unpaired) electrons. The third-order valence-corrected chi connectivity index (χ3v) is 3.25. The average Bonchev–Trinajstić information content (AvgIpc) is 2.38. The van der Waals surface area contributed by atoms with Crippen LogP contribution in [-0.4, -0.2) is 5.78 Å². The van der Waals surface area contributed by atoms with Crippen molar-refractivity contribution in [3.63, 3.8) is 0 Å². The molecule has 16 heavy (non-hydrogen) atoms. The summed E-state index contributed by atoms with van der Waals surface area (Å²) in [5.74, 6) is 0.595. The van der Waals surface area contributed by atoms with Gasteiger partial charge in [0.2, 0.25) is 0 Å². The summed E-state index contributed by atoms with van der Waals surface area (Å²) in [6, 6.07) is 10.0. The summed E-state index contributed by atoms with van der Waals surface area (Å²) in [6.07, 6.45) is 9.58. The minimum absolute atomic E-state index is 0.286. The van der Waals surface area contributed by atoms with E-state index in [1.165, 1.54) is 19.3 Å². The molecule has 1 aromatic carbocycles. The van der Waals surface area contributed by atoms with E-state index in [1.54, 1.807) is 6.08 Å². The van der Waals surface area contributed by atoms with Crippen LogP contribution in [0.25, 0.3) is 6.08 Å². The summed E-state index contributed by atoms with van der Waals surface area (Å²) >= 11 is 0. The van der Waals surface area contributed by atoms with E-state index in [2.05, 4.69) is 0 Å². The molecular weight excluding hydrogens is 196 g/mol. The Morgan fingerprint density at radius 3 is 2.44 bits per heavy atom. The molecule has 2 rings (SSSR count). The number of allylic oxidation sites excluding steroid dienone is 1. The van der Waals surface area contributed by atoms with Gasteiger partial charge in [-0.05, 0) is 24.5 Å². The van der Waals surface area contributed by atoms with Gasteiger partial charge in [0.15, 0.2) is 5.78 Å². The first-order valence-electron chi connectivity index (χ1n) is 6.13. The Hall–Kier alpha value is -1.37. The van der Waals surface area contributed by atoms with E-state index in [-0.39, 0.29) is 5.92 Å². The molecule has 1 aliphatic carbocycles. The van der Waals surface area contributed by atoms with Gasteiger partial charge >= 0.3 is 0 Å². The van der Waals surface area contributed by atoms with Crippen LogP contribution in [-0.2, 0) is 4.79 Å². The fraction of sp³-hybridized carbons (Fsp3) is 0.400. The number of hydrogen-bond donors (Lipinski definition) is 0. The van der Waals surface area contributed by atoms with Gasteiger partial charge in [0.1, 0.15) is 0 Å². The minimum Gasteiger partial charge on any atom is -0.295 e. The van der Waals surface area contributed by atoms with E-state index in [0.29, 0.717) is 5.78 Å². The van der Waals surface area contributed by atoms with Crippen LogP contribution < -0.4 is 0 Å². The predicted octanol–water partition coefficient (Wildman–Crippen LogP) is 3.85. The molecule has 84 valence electrons. The van der Waals surface area contributed by atoms with Crippen molar-refractivity contribution in [1.82, 2.24) is 0 Å². The summed E-state index contributed by atoms with van der Waals surface area (Å²) in [4.78, 5) is 11.9. The molecule has 0 atom stereocenters. The van der Waals surface area contributed by atoms with Crippen molar-refractivity contribution in [2.75, 3.05) is 0 Å². The molecule has 1 fully saturated rings. The van der Waals surface area contributed by atoms with E-state index in [0.717, 1.165) is 18.4 Å². The van der Waals surface area contributed by atoms with Gasteiger partial charge in [0.25, 0.3) is 0 Å². The highest BCUT2D eigenvalue weighted by atomic mass is 16.1. The summed E-state index contributed by atoms with van der Waals surface area (Å²) < 4.78 is 0. The molecule has 1 heteroatoms. The lowest BCUT2D eigenvalue weighted by Crippen LogP contribution is -2.15. The van der Waals surface area contributed by atoms with Crippen LogP contribution in [0.5, 0.6) is 0 Å². The monoisotopic (exact) mass is 214 g/mol. The second-order valence-corrected chi connectivity index (χ2v) is 4.48. The largest absolute Gasteiger partial charge is 0.295 e. The van der Waals surface area contributed by atoms with Crippen LogP contribution in [0.4, 0.5) is 0 Å². The second-order valence-electron chi connectivity index (χ2n) is 4.48. The van der Waals surface area contributed by atoms with E-state index in [1.807, 2.05) is 36.4 Å². The van der Waals surface area contributed by atoms with Crippen LogP contribution >= 0.6 is 0 Å². The zero-order valence-electron chi connectivity index (χ0n) is 9.56. The molecule has 0 spiro atoms. The SMILES string of the molecule is O=C(/C=C/c1ccccc1)C1CCCCC1. The maximum absolute atomic E-state index is 11.9. The van der Waals surface area contributed by atoms with Gasteiger partial charge in [-0.25, -0.2) is 0 Å². The number of hydrogen-bond acceptors (Lipinski definition) is 1. The smallest absolute Gasteiger partial charge is 0.158 e. The summed E-state index contributed by atoms with van der Waals surface area (Å²) in [6.45, 7) is 0. The van der Waals surface area contributed by atoms with Gasteiger partial charge in [-0.1, -0.05) is 55.7 Å². The van der Waals surface area contributed by atoms with Gasteiger partial charge in [-0.2, -0.15) is 0 Å². The first-order valence-corrected chi connectivity index (χ1v) is 6.13. The van der Waals surface area contributed by atoms with Gasteiger partial charge in [0.05, 0.1) is 0 Å². The van der Waals surface area contributed by atoms with E-state index in [4.69, 9.17) is 0 Å². The predicted molar refractivity (Wildman–Crippen MR) is 67.1 cm³/mol. The number of carbonyl (C=O) groups excluding carboxylic acids is 1. The maximum Gasteiger partial charge on any atom is 0.158 e. The van der Waals surface area contributed by atoms with E-state index >= 15 is 0 Å². The Kier molecular flexibility index (Phi) is 3.92. The third-order valence-electron chi connectivity index (χ3n) is 3.25. The molecular formula is C15H18O. The highest BCUT2D eigenvalue weighted by Crippen LogP contribution is 2.24. The quantitative estimate of drug-likeness (QED) is 0.698. The van der Waals surface area contributed by atoms with Crippen molar-refractivity contribution in [2.45, 2.75) is 32.1 Å². The summed E-state index contributed by atoms with van der Waals surface area (Å²) in [5.41, 5.74) is 1.10. The van der Waals surface area contributed by atoms with Crippen molar-refractivity contribution in [3.05, 3.63) is 42.0 Å². The molecule has 0 heterocycles. The second kappa shape index (κ2) is 5.64. The lowest BCUT2D eigenvalue weighted by Gasteiger charge is -2.18. The van der Waals surface area contributed by atoms with E-state index < -0.39 is 0 Å². The summed E-state index contributed by atoms with van der Waals surface area (Å²) in [7, 11) is 0. The van der Waals surface area contributed by atoms with Crippen LogP contribution in [0.15, 0.2) is 36.4 Å². The topological polar surface area (TPSA) is 17.1 Å². The lowest BCUT2D eigenvalue weighted by molar-refractivity contribution is -0.119. The van der Waals surface area contributed by atoms with Gasteiger partial charge in [-0.3, -0.25) is 4.79 Å². The highest BCUT2D eigenvalue weighted by molar-refractivity contribution is 5.95. The van der Waals surface area contributed by atoms with Crippen molar-refractivity contribution >= 4 is 11.9 Å². The zero-order valence-corrected chi connectivity index (χ0v) is 9.56. The Morgan fingerprint density at radius 1 is 1.06 bits per heavy atom. The average molecular weight is 214 g/mol. The zero-order chi connectivity index (χ0) is 11.2. The molecule has 0 aromatic heterocycles. The number of carbonyl (C=O) groups is 1. The normalized spacial score (nSPS) is 17.8. The van der Waals surface area contributed by atoms with Crippen molar-refractivity contribution < 1.29 is 4.79 Å². The molecule has 0 bridgehead atoms. The molecule has 0 N–H and O–H groups in total. The maximum atomic E-state index is 11.9. The van der Waals surface area contributed by atoms with Crippen molar-refractivity contribution in [1.29, 1.82) is 0 Å². The Bertz CT molecular complexity index is 358. The fourth-order valence-electron chi connectivity index (χ4n) is 2.27. The Labute approximate surface area is 97.2 Å². The highest BCUT2D eigenvalue weighted by Gasteiger charge is 2.18. The molecule has 0 unspecified atom stereocenters. The van der Waals surface area contributed by atoms with Crippen molar-refractivity contribution in [2.24, 2.45) is 5.92 Å². The molecule has 0 saturated heterocycles. The molecule has 0 aliphatic heterocycles. The van der Waals surface area contributed by atoms with Gasteiger partial charge in [-0.15, -0.1) is 0 Å². The molecule has 1 saturated carbocycles. The molecule has 1 aliphatic rings. The molecule has 1 aromatic rings. The van der Waals surface area contributed by atoms with E-state index in [9.17, 15) is 4.79 Å². The summed E-state index contributed by atoms with van der Waals surface area (Å²) in [5, 5.41) is 0. The lowest BCUT2D eigenvalue weighted by atomic mass is 9.86. The number of rotatable bonds is 3. The first kappa shape index (κ1) is 11.1. The van der Waals surface area contributed by atoms with Crippen LogP contribution in [0.2, 0.25) is 0 Å². The Morgan fingerprint density at radius 2 is 1.75 bits per heavy atom.